The van der Waals surface area contributed by atoms with Gasteiger partial charge in [-0.3, -0.25) is 4.79 Å². The van der Waals surface area contributed by atoms with Gasteiger partial charge in [-0.1, -0.05) is 19.8 Å². The number of aliphatic hydroxyl groups excluding tert-OH is 1. The van der Waals surface area contributed by atoms with Gasteiger partial charge in [-0.25, -0.2) is 0 Å². The molecule has 1 fully saturated rings. The molecule has 4 nitrogen and oxygen atoms in total. The summed E-state index contributed by atoms with van der Waals surface area (Å²) in [6.45, 7) is 2.82. The van der Waals surface area contributed by atoms with Crippen molar-refractivity contribution in [3.63, 3.8) is 0 Å². The van der Waals surface area contributed by atoms with E-state index in [-0.39, 0.29) is 18.1 Å². The molecule has 0 aliphatic heterocycles. The Balaban J connectivity index is 2.35. The van der Waals surface area contributed by atoms with Crippen LogP contribution in [-0.4, -0.2) is 41.7 Å². The first-order valence-corrected chi connectivity index (χ1v) is 7.20. The fourth-order valence-electron chi connectivity index (χ4n) is 2.70. The molecule has 0 saturated heterocycles. The minimum atomic E-state index is -0.339. The monoisotopic (exact) mass is 256 g/mol. The van der Waals surface area contributed by atoms with Crippen LogP contribution in [0.5, 0.6) is 0 Å². The number of hydrogen-bond donors (Lipinski definition) is 2. The molecule has 1 rings (SSSR count). The van der Waals surface area contributed by atoms with E-state index in [1.54, 1.807) is 4.90 Å². The number of nitrogens with zero attached hydrogens (tertiary/aromatic N) is 1. The minimum absolute atomic E-state index is 0.0241. The zero-order valence-electron chi connectivity index (χ0n) is 11.8. The summed E-state index contributed by atoms with van der Waals surface area (Å²) in [7, 11) is 1.83. The van der Waals surface area contributed by atoms with Crippen molar-refractivity contribution >= 4 is 5.91 Å². The smallest absolute Gasteiger partial charge is 0.222 e. The van der Waals surface area contributed by atoms with E-state index in [1.165, 1.54) is 0 Å². The quantitative estimate of drug-likeness (QED) is 0.757. The summed E-state index contributed by atoms with van der Waals surface area (Å²) in [5.41, 5.74) is 5.50. The van der Waals surface area contributed by atoms with Gasteiger partial charge in [0.15, 0.2) is 0 Å². The van der Waals surface area contributed by atoms with E-state index in [1.807, 2.05) is 7.05 Å². The molecule has 0 spiro atoms. The first-order chi connectivity index (χ1) is 8.56. The highest BCUT2D eigenvalue weighted by atomic mass is 16.3. The van der Waals surface area contributed by atoms with Gasteiger partial charge in [-0.15, -0.1) is 0 Å². The predicted molar refractivity (Wildman–Crippen MR) is 73.1 cm³/mol. The maximum absolute atomic E-state index is 12.1. The molecule has 0 aromatic heterocycles. The van der Waals surface area contributed by atoms with Gasteiger partial charge in [0, 0.05) is 13.5 Å². The van der Waals surface area contributed by atoms with Gasteiger partial charge in [0.25, 0.3) is 0 Å². The molecule has 1 aliphatic rings. The zero-order chi connectivity index (χ0) is 13.5. The highest BCUT2D eigenvalue weighted by molar-refractivity contribution is 5.76. The molecule has 0 heterocycles. The third-order valence-corrected chi connectivity index (χ3v) is 4.10. The highest BCUT2D eigenvalue weighted by Crippen LogP contribution is 2.23. The first-order valence-electron chi connectivity index (χ1n) is 7.20. The predicted octanol–water partition coefficient (Wildman–Crippen LogP) is 1.51. The van der Waals surface area contributed by atoms with Crippen LogP contribution in [0.1, 0.15) is 51.9 Å². The van der Waals surface area contributed by atoms with E-state index in [9.17, 15) is 9.90 Å². The first kappa shape index (κ1) is 15.4. The second-order valence-electron chi connectivity index (χ2n) is 5.64. The third kappa shape index (κ3) is 4.58. The van der Waals surface area contributed by atoms with E-state index >= 15 is 0 Å². The Hall–Kier alpha value is -0.610. The summed E-state index contributed by atoms with van der Waals surface area (Å²) in [4.78, 5) is 13.8. The zero-order valence-corrected chi connectivity index (χ0v) is 11.8. The van der Waals surface area contributed by atoms with Crippen LogP contribution in [0, 0.1) is 5.92 Å². The van der Waals surface area contributed by atoms with Gasteiger partial charge in [-0.05, 0) is 38.1 Å². The summed E-state index contributed by atoms with van der Waals surface area (Å²) in [6, 6.07) is 0.0241. The standard InChI is InChI=1S/C14H28N2O2/c1-11(9-10-15)7-8-14(18)16(2)12-5-3-4-6-13(12)17/h11-13,17H,3-10,15H2,1-2H3. The van der Waals surface area contributed by atoms with Crippen LogP contribution < -0.4 is 5.73 Å². The van der Waals surface area contributed by atoms with Crippen molar-refractivity contribution in [3.05, 3.63) is 0 Å². The molecule has 3 unspecified atom stereocenters. The van der Waals surface area contributed by atoms with E-state index in [0.29, 0.717) is 18.9 Å². The summed E-state index contributed by atoms with van der Waals surface area (Å²) < 4.78 is 0. The van der Waals surface area contributed by atoms with E-state index in [0.717, 1.165) is 38.5 Å². The summed E-state index contributed by atoms with van der Waals surface area (Å²) in [5, 5.41) is 9.94. The van der Waals surface area contributed by atoms with Crippen molar-refractivity contribution in [2.45, 2.75) is 64.0 Å². The molecular weight excluding hydrogens is 228 g/mol. The van der Waals surface area contributed by atoms with Gasteiger partial charge in [0.2, 0.25) is 5.91 Å². The fourth-order valence-corrected chi connectivity index (χ4v) is 2.70. The summed E-state index contributed by atoms with van der Waals surface area (Å²) in [5.74, 6) is 0.661. The molecule has 106 valence electrons. The molecule has 0 radical (unpaired) electrons. The lowest BCUT2D eigenvalue weighted by atomic mass is 9.91. The highest BCUT2D eigenvalue weighted by Gasteiger charge is 2.29. The molecule has 1 saturated carbocycles. The van der Waals surface area contributed by atoms with Gasteiger partial charge in [0.1, 0.15) is 0 Å². The van der Waals surface area contributed by atoms with Crippen LogP contribution >= 0.6 is 0 Å². The van der Waals surface area contributed by atoms with Crippen molar-refractivity contribution in [3.8, 4) is 0 Å². The number of hydrogen-bond acceptors (Lipinski definition) is 3. The number of likely N-dealkylation sites (N-methyl/N-ethyl adjacent to an activating group) is 1. The number of carbonyl (C=O) groups excluding carboxylic acids is 1. The Morgan fingerprint density at radius 1 is 1.39 bits per heavy atom. The van der Waals surface area contributed by atoms with Gasteiger partial charge >= 0.3 is 0 Å². The van der Waals surface area contributed by atoms with Gasteiger partial charge < -0.3 is 15.7 Å². The van der Waals surface area contributed by atoms with Crippen molar-refractivity contribution in [1.29, 1.82) is 0 Å². The van der Waals surface area contributed by atoms with Crippen LogP contribution in [0.15, 0.2) is 0 Å². The Bertz CT molecular complexity index is 258. The molecule has 4 heteroatoms. The average Bonchev–Trinajstić information content (AvgIpc) is 2.36. The van der Waals surface area contributed by atoms with E-state index < -0.39 is 0 Å². The van der Waals surface area contributed by atoms with Crippen molar-refractivity contribution in [2.75, 3.05) is 13.6 Å². The van der Waals surface area contributed by atoms with E-state index in [2.05, 4.69) is 6.92 Å². The van der Waals surface area contributed by atoms with Gasteiger partial charge in [-0.2, -0.15) is 0 Å². The molecule has 3 atom stereocenters. The summed E-state index contributed by atoms with van der Waals surface area (Å²) in [6.07, 6.45) is 6.05. The van der Waals surface area contributed by atoms with E-state index in [4.69, 9.17) is 5.73 Å². The summed E-state index contributed by atoms with van der Waals surface area (Å²) >= 11 is 0. The Morgan fingerprint density at radius 3 is 2.67 bits per heavy atom. The van der Waals surface area contributed by atoms with Crippen LogP contribution in [0.25, 0.3) is 0 Å². The molecule has 1 aliphatic carbocycles. The normalized spacial score (nSPS) is 25.8. The number of rotatable bonds is 6. The molecule has 1 amide bonds. The van der Waals surface area contributed by atoms with Crippen LogP contribution in [0.2, 0.25) is 0 Å². The molecular formula is C14H28N2O2. The second-order valence-corrected chi connectivity index (χ2v) is 5.64. The van der Waals surface area contributed by atoms with Crippen molar-refractivity contribution < 1.29 is 9.90 Å². The molecule has 18 heavy (non-hydrogen) atoms. The Morgan fingerprint density at radius 2 is 2.06 bits per heavy atom. The van der Waals surface area contributed by atoms with Crippen LogP contribution in [-0.2, 0) is 4.79 Å². The lowest BCUT2D eigenvalue weighted by Crippen LogP contribution is -2.46. The SMILES string of the molecule is CC(CCN)CCC(=O)N(C)C1CCCCC1O. The Labute approximate surface area is 111 Å². The van der Waals surface area contributed by atoms with Crippen LogP contribution in [0.4, 0.5) is 0 Å². The molecule has 0 bridgehead atoms. The van der Waals surface area contributed by atoms with Crippen LogP contribution in [0.3, 0.4) is 0 Å². The van der Waals surface area contributed by atoms with Crippen molar-refractivity contribution in [1.82, 2.24) is 4.90 Å². The molecule has 0 aromatic carbocycles. The average molecular weight is 256 g/mol. The minimum Gasteiger partial charge on any atom is -0.391 e. The largest absolute Gasteiger partial charge is 0.391 e. The van der Waals surface area contributed by atoms with Gasteiger partial charge in [0.05, 0.1) is 12.1 Å². The number of nitrogens with two attached hydrogens (primary N) is 1. The maximum atomic E-state index is 12.1. The molecule has 3 N–H and O–H groups in total. The maximum Gasteiger partial charge on any atom is 0.222 e. The topological polar surface area (TPSA) is 66.6 Å². The molecule has 0 aromatic rings. The lowest BCUT2D eigenvalue weighted by molar-refractivity contribution is -0.135. The number of amides is 1. The number of carbonyl (C=O) groups is 1. The van der Waals surface area contributed by atoms with Crippen molar-refractivity contribution in [2.24, 2.45) is 11.7 Å². The second kappa shape index (κ2) is 7.74. The fraction of sp³-hybridized carbons (Fsp3) is 0.929. The lowest BCUT2D eigenvalue weighted by Gasteiger charge is -2.35. The number of aliphatic hydroxyl groups is 1. The third-order valence-electron chi connectivity index (χ3n) is 4.10. The Kier molecular flexibility index (Phi) is 6.65.